The Morgan fingerprint density at radius 2 is 2.28 bits per heavy atom. The maximum absolute atomic E-state index is 12.2. The monoisotopic (exact) mass is 266 g/mol. The molecule has 1 aliphatic heterocycles. The van der Waals surface area contributed by atoms with Crippen molar-refractivity contribution < 1.29 is 14.8 Å². The number of hydrogen-bond acceptors (Lipinski definition) is 4. The smallest absolute Gasteiger partial charge is 0.266 e. The SMILES string of the molecule is CSc1cccc(C(=O)N2CC[C@@H]2C(=O)NO)c1. The van der Waals surface area contributed by atoms with Crippen LogP contribution in [0.5, 0.6) is 0 Å². The van der Waals surface area contributed by atoms with Crippen LogP contribution in [0, 0.1) is 0 Å². The van der Waals surface area contributed by atoms with Crippen molar-refractivity contribution in [3.8, 4) is 0 Å². The van der Waals surface area contributed by atoms with Gasteiger partial charge in [0.15, 0.2) is 0 Å². The Bertz CT molecular complexity index is 478. The van der Waals surface area contributed by atoms with E-state index in [4.69, 9.17) is 5.21 Å². The maximum Gasteiger partial charge on any atom is 0.266 e. The second-order valence-corrected chi connectivity index (χ2v) is 4.89. The van der Waals surface area contributed by atoms with Crippen LogP contribution in [0.25, 0.3) is 0 Å². The van der Waals surface area contributed by atoms with E-state index >= 15 is 0 Å². The number of benzene rings is 1. The third-order valence-electron chi connectivity index (χ3n) is 3.01. The molecule has 1 fully saturated rings. The van der Waals surface area contributed by atoms with Crippen molar-refractivity contribution in [2.24, 2.45) is 0 Å². The fourth-order valence-electron chi connectivity index (χ4n) is 1.90. The van der Waals surface area contributed by atoms with E-state index in [0.29, 0.717) is 18.5 Å². The number of carbonyl (C=O) groups excluding carboxylic acids is 2. The number of carbonyl (C=O) groups is 2. The summed E-state index contributed by atoms with van der Waals surface area (Å²) < 4.78 is 0. The number of amides is 2. The first-order chi connectivity index (χ1) is 8.67. The van der Waals surface area contributed by atoms with Crippen LogP contribution in [0.2, 0.25) is 0 Å². The highest BCUT2D eigenvalue weighted by Gasteiger charge is 2.37. The predicted octanol–water partition coefficient (Wildman–Crippen LogP) is 1.13. The van der Waals surface area contributed by atoms with Gasteiger partial charge in [-0.2, -0.15) is 0 Å². The molecule has 0 unspecified atom stereocenters. The zero-order chi connectivity index (χ0) is 13.1. The molecule has 0 radical (unpaired) electrons. The highest BCUT2D eigenvalue weighted by molar-refractivity contribution is 7.98. The summed E-state index contributed by atoms with van der Waals surface area (Å²) in [6, 6.07) is 6.73. The largest absolute Gasteiger partial charge is 0.326 e. The number of hydrogen-bond donors (Lipinski definition) is 2. The Morgan fingerprint density at radius 1 is 1.50 bits per heavy atom. The Labute approximate surface area is 109 Å². The summed E-state index contributed by atoms with van der Waals surface area (Å²) in [6.07, 6.45) is 2.52. The first-order valence-electron chi connectivity index (χ1n) is 5.56. The van der Waals surface area contributed by atoms with E-state index in [0.717, 1.165) is 4.90 Å². The Balaban J connectivity index is 2.14. The topological polar surface area (TPSA) is 69.6 Å². The standard InChI is InChI=1S/C12H14N2O3S/c1-18-9-4-2-3-8(7-9)12(16)14-6-5-10(14)11(15)13-17/h2-4,7,10,17H,5-6H2,1H3,(H,13,15)/t10-/m1/s1. The number of hydroxylamine groups is 1. The Morgan fingerprint density at radius 3 is 2.83 bits per heavy atom. The zero-order valence-electron chi connectivity index (χ0n) is 9.92. The zero-order valence-corrected chi connectivity index (χ0v) is 10.7. The molecule has 96 valence electrons. The lowest BCUT2D eigenvalue weighted by molar-refractivity contribution is -0.137. The number of thioether (sulfide) groups is 1. The third-order valence-corrected chi connectivity index (χ3v) is 3.74. The van der Waals surface area contributed by atoms with Gasteiger partial charge in [-0.3, -0.25) is 14.8 Å². The molecule has 2 rings (SSSR count). The van der Waals surface area contributed by atoms with Crippen LogP contribution in [-0.4, -0.2) is 40.8 Å². The molecule has 0 aromatic heterocycles. The fraction of sp³-hybridized carbons (Fsp3) is 0.333. The summed E-state index contributed by atoms with van der Waals surface area (Å²) in [4.78, 5) is 26.0. The number of rotatable bonds is 3. The molecule has 5 nitrogen and oxygen atoms in total. The van der Waals surface area contributed by atoms with E-state index in [1.807, 2.05) is 18.4 Å². The van der Waals surface area contributed by atoms with Crippen LogP contribution in [-0.2, 0) is 4.79 Å². The molecule has 1 atom stereocenters. The quantitative estimate of drug-likeness (QED) is 0.489. The molecule has 2 N–H and O–H groups in total. The van der Waals surface area contributed by atoms with Crippen LogP contribution in [0.1, 0.15) is 16.8 Å². The molecule has 0 saturated carbocycles. The summed E-state index contributed by atoms with van der Waals surface area (Å²) in [6.45, 7) is 0.542. The van der Waals surface area contributed by atoms with Gasteiger partial charge >= 0.3 is 0 Å². The van der Waals surface area contributed by atoms with Crippen molar-refractivity contribution in [3.63, 3.8) is 0 Å². The molecule has 18 heavy (non-hydrogen) atoms. The number of nitrogens with one attached hydrogen (secondary N) is 1. The van der Waals surface area contributed by atoms with Gasteiger partial charge in [0.1, 0.15) is 6.04 Å². The first kappa shape index (κ1) is 12.9. The summed E-state index contributed by atoms with van der Waals surface area (Å²) >= 11 is 1.56. The summed E-state index contributed by atoms with van der Waals surface area (Å²) in [5, 5.41) is 8.58. The van der Waals surface area contributed by atoms with Gasteiger partial charge in [0.2, 0.25) is 0 Å². The van der Waals surface area contributed by atoms with E-state index in [1.54, 1.807) is 29.4 Å². The van der Waals surface area contributed by atoms with Crippen molar-refractivity contribution in [2.75, 3.05) is 12.8 Å². The predicted molar refractivity (Wildman–Crippen MR) is 67.6 cm³/mol. The van der Waals surface area contributed by atoms with Gasteiger partial charge in [-0.15, -0.1) is 11.8 Å². The lowest BCUT2D eigenvalue weighted by Gasteiger charge is -2.39. The summed E-state index contributed by atoms with van der Waals surface area (Å²) in [5.41, 5.74) is 2.16. The molecule has 1 aliphatic rings. The van der Waals surface area contributed by atoms with Crippen LogP contribution in [0.15, 0.2) is 29.2 Å². The van der Waals surface area contributed by atoms with Crippen molar-refractivity contribution in [1.29, 1.82) is 0 Å². The van der Waals surface area contributed by atoms with Crippen molar-refractivity contribution >= 4 is 23.6 Å². The minimum Gasteiger partial charge on any atom is -0.326 e. The minimum atomic E-state index is -0.555. The second-order valence-electron chi connectivity index (χ2n) is 4.01. The minimum absolute atomic E-state index is 0.175. The average Bonchev–Trinajstić information content (AvgIpc) is 2.37. The Hall–Kier alpha value is -1.53. The van der Waals surface area contributed by atoms with Crippen LogP contribution < -0.4 is 5.48 Å². The van der Waals surface area contributed by atoms with Gasteiger partial charge in [0, 0.05) is 17.0 Å². The molecule has 1 aromatic rings. The number of likely N-dealkylation sites (tertiary alicyclic amines) is 1. The molecule has 6 heteroatoms. The highest BCUT2D eigenvalue weighted by atomic mass is 32.2. The average molecular weight is 266 g/mol. The van der Waals surface area contributed by atoms with Gasteiger partial charge in [0.05, 0.1) is 0 Å². The van der Waals surface area contributed by atoms with Crippen molar-refractivity contribution in [1.82, 2.24) is 10.4 Å². The lowest BCUT2D eigenvalue weighted by atomic mass is 10.0. The maximum atomic E-state index is 12.2. The molecular formula is C12H14N2O3S. The number of nitrogens with zero attached hydrogens (tertiary/aromatic N) is 1. The highest BCUT2D eigenvalue weighted by Crippen LogP contribution is 2.23. The van der Waals surface area contributed by atoms with Gasteiger partial charge in [-0.1, -0.05) is 6.07 Å². The van der Waals surface area contributed by atoms with Crippen LogP contribution >= 0.6 is 11.8 Å². The van der Waals surface area contributed by atoms with Crippen LogP contribution in [0.4, 0.5) is 0 Å². The fourth-order valence-corrected chi connectivity index (χ4v) is 2.36. The molecule has 0 spiro atoms. The van der Waals surface area contributed by atoms with E-state index in [2.05, 4.69) is 0 Å². The van der Waals surface area contributed by atoms with E-state index in [1.165, 1.54) is 4.90 Å². The summed E-state index contributed by atoms with van der Waals surface area (Å²) in [7, 11) is 0. The third kappa shape index (κ3) is 2.34. The molecule has 1 aromatic carbocycles. The lowest BCUT2D eigenvalue weighted by Crippen LogP contribution is -2.57. The van der Waals surface area contributed by atoms with E-state index in [9.17, 15) is 9.59 Å². The normalized spacial score (nSPS) is 18.1. The Kier molecular flexibility index (Phi) is 3.88. The molecule has 0 aliphatic carbocycles. The van der Waals surface area contributed by atoms with E-state index < -0.39 is 11.9 Å². The van der Waals surface area contributed by atoms with Crippen molar-refractivity contribution in [2.45, 2.75) is 17.4 Å². The van der Waals surface area contributed by atoms with Crippen LogP contribution in [0.3, 0.4) is 0 Å². The van der Waals surface area contributed by atoms with Gasteiger partial charge in [-0.05, 0) is 30.9 Å². The van der Waals surface area contributed by atoms with Gasteiger partial charge in [-0.25, -0.2) is 5.48 Å². The van der Waals surface area contributed by atoms with Gasteiger partial charge < -0.3 is 4.90 Å². The molecule has 0 bridgehead atoms. The second kappa shape index (κ2) is 5.41. The van der Waals surface area contributed by atoms with E-state index in [-0.39, 0.29) is 5.91 Å². The molecule has 1 saturated heterocycles. The summed E-state index contributed by atoms with van der Waals surface area (Å²) in [5.74, 6) is -0.707. The first-order valence-corrected chi connectivity index (χ1v) is 6.79. The molecule has 2 amide bonds. The van der Waals surface area contributed by atoms with Gasteiger partial charge in [0.25, 0.3) is 11.8 Å². The molecule has 1 heterocycles. The van der Waals surface area contributed by atoms with Crippen molar-refractivity contribution in [3.05, 3.63) is 29.8 Å². The molecular weight excluding hydrogens is 252 g/mol.